The zero-order valence-electron chi connectivity index (χ0n) is 14.1. The standard InChI is InChI=1S/C20H22N2O3/c23-19(11-5-8-16-6-2-1-3-7-16)21-18-10-4-9-17(14-18)15-22-12-13-25-20(22)24/h1-4,6-7,9-10,14H,5,8,11-13,15H2,(H,21,23). The minimum atomic E-state index is -0.282. The summed E-state index contributed by atoms with van der Waals surface area (Å²) in [4.78, 5) is 25.3. The second-order valence-corrected chi connectivity index (χ2v) is 6.12. The van der Waals surface area contributed by atoms with Crippen molar-refractivity contribution in [2.75, 3.05) is 18.5 Å². The number of ether oxygens (including phenoxy) is 1. The van der Waals surface area contributed by atoms with Crippen molar-refractivity contribution in [1.29, 1.82) is 0 Å². The lowest BCUT2D eigenvalue weighted by Crippen LogP contribution is -2.23. The molecule has 1 saturated heterocycles. The molecule has 1 fully saturated rings. The lowest BCUT2D eigenvalue weighted by atomic mass is 10.1. The van der Waals surface area contributed by atoms with Crippen molar-refractivity contribution in [1.82, 2.24) is 4.90 Å². The molecule has 130 valence electrons. The first-order valence-corrected chi connectivity index (χ1v) is 8.55. The minimum Gasteiger partial charge on any atom is -0.448 e. The van der Waals surface area contributed by atoms with E-state index < -0.39 is 0 Å². The maximum absolute atomic E-state index is 12.1. The Labute approximate surface area is 147 Å². The third-order valence-electron chi connectivity index (χ3n) is 4.14. The number of rotatable bonds is 7. The van der Waals surface area contributed by atoms with Crippen molar-refractivity contribution >= 4 is 17.7 Å². The van der Waals surface area contributed by atoms with Gasteiger partial charge in [0.1, 0.15) is 6.61 Å². The predicted molar refractivity (Wildman–Crippen MR) is 96.2 cm³/mol. The van der Waals surface area contributed by atoms with E-state index in [1.165, 1.54) is 5.56 Å². The normalized spacial score (nSPS) is 13.6. The van der Waals surface area contributed by atoms with E-state index in [-0.39, 0.29) is 12.0 Å². The van der Waals surface area contributed by atoms with E-state index in [1.807, 2.05) is 42.5 Å². The maximum Gasteiger partial charge on any atom is 0.410 e. The van der Waals surface area contributed by atoms with Gasteiger partial charge in [-0.25, -0.2) is 4.79 Å². The van der Waals surface area contributed by atoms with Crippen molar-refractivity contribution in [2.24, 2.45) is 0 Å². The molecule has 5 heteroatoms. The number of cyclic esters (lactones) is 1. The summed E-state index contributed by atoms with van der Waals surface area (Å²) in [5.41, 5.74) is 2.98. The predicted octanol–water partition coefficient (Wildman–Crippen LogP) is 3.60. The fraction of sp³-hybridized carbons (Fsp3) is 0.300. The molecule has 0 spiro atoms. The lowest BCUT2D eigenvalue weighted by Gasteiger charge is -2.13. The third kappa shape index (κ3) is 5.08. The Morgan fingerprint density at radius 1 is 1.08 bits per heavy atom. The zero-order valence-corrected chi connectivity index (χ0v) is 14.1. The van der Waals surface area contributed by atoms with Gasteiger partial charge in [-0.05, 0) is 36.1 Å². The van der Waals surface area contributed by atoms with Gasteiger partial charge in [0.15, 0.2) is 0 Å². The van der Waals surface area contributed by atoms with Crippen LogP contribution in [0.4, 0.5) is 10.5 Å². The molecule has 0 radical (unpaired) electrons. The summed E-state index contributed by atoms with van der Waals surface area (Å²) in [6.07, 6.45) is 1.91. The summed E-state index contributed by atoms with van der Waals surface area (Å²) in [5.74, 6) is 0.00802. The highest BCUT2D eigenvalue weighted by atomic mass is 16.6. The van der Waals surface area contributed by atoms with Gasteiger partial charge in [-0.15, -0.1) is 0 Å². The second kappa shape index (κ2) is 8.33. The van der Waals surface area contributed by atoms with Gasteiger partial charge in [0, 0.05) is 18.7 Å². The first kappa shape index (κ1) is 17.0. The Morgan fingerprint density at radius 3 is 2.64 bits per heavy atom. The number of carbonyl (C=O) groups excluding carboxylic acids is 2. The number of hydrogen-bond donors (Lipinski definition) is 1. The number of hydrogen-bond acceptors (Lipinski definition) is 3. The van der Waals surface area contributed by atoms with Gasteiger partial charge in [0.05, 0.1) is 6.54 Å². The van der Waals surface area contributed by atoms with Gasteiger partial charge in [-0.1, -0.05) is 42.5 Å². The summed E-state index contributed by atoms with van der Waals surface area (Å²) >= 11 is 0. The molecule has 0 bridgehead atoms. The average molecular weight is 338 g/mol. The van der Waals surface area contributed by atoms with Crippen molar-refractivity contribution in [2.45, 2.75) is 25.8 Å². The Bertz CT molecular complexity index is 731. The molecule has 25 heavy (non-hydrogen) atoms. The molecule has 0 atom stereocenters. The highest BCUT2D eigenvalue weighted by molar-refractivity contribution is 5.90. The largest absolute Gasteiger partial charge is 0.448 e. The topological polar surface area (TPSA) is 58.6 Å². The van der Waals surface area contributed by atoms with Crippen LogP contribution in [0.25, 0.3) is 0 Å². The Hall–Kier alpha value is -2.82. The number of carbonyl (C=O) groups is 2. The van der Waals surface area contributed by atoms with Gasteiger partial charge in [-0.2, -0.15) is 0 Å². The molecule has 2 aromatic rings. The smallest absolute Gasteiger partial charge is 0.410 e. The number of anilines is 1. The molecular weight excluding hydrogens is 316 g/mol. The molecular formula is C20H22N2O3. The van der Waals surface area contributed by atoms with E-state index in [0.717, 1.165) is 24.1 Å². The molecule has 2 aromatic carbocycles. The monoisotopic (exact) mass is 338 g/mol. The van der Waals surface area contributed by atoms with Crippen LogP contribution in [0.2, 0.25) is 0 Å². The number of nitrogens with zero attached hydrogens (tertiary/aromatic N) is 1. The van der Waals surface area contributed by atoms with E-state index in [4.69, 9.17) is 4.74 Å². The van der Waals surface area contributed by atoms with Crippen molar-refractivity contribution < 1.29 is 14.3 Å². The van der Waals surface area contributed by atoms with E-state index in [0.29, 0.717) is 26.1 Å². The molecule has 1 N–H and O–H groups in total. The molecule has 1 aliphatic rings. The van der Waals surface area contributed by atoms with Crippen LogP contribution in [0.15, 0.2) is 54.6 Å². The van der Waals surface area contributed by atoms with Crippen LogP contribution in [-0.2, 0) is 22.5 Å². The lowest BCUT2D eigenvalue weighted by molar-refractivity contribution is -0.116. The minimum absolute atomic E-state index is 0.00802. The molecule has 0 aromatic heterocycles. The quantitative estimate of drug-likeness (QED) is 0.839. The van der Waals surface area contributed by atoms with Crippen LogP contribution >= 0.6 is 0 Å². The Kier molecular flexibility index (Phi) is 5.67. The summed E-state index contributed by atoms with van der Waals surface area (Å²) < 4.78 is 4.93. The molecule has 3 rings (SSSR count). The van der Waals surface area contributed by atoms with Crippen molar-refractivity contribution in [3.8, 4) is 0 Å². The van der Waals surface area contributed by atoms with Gasteiger partial charge in [0.25, 0.3) is 0 Å². The van der Waals surface area contributed by atoms with Crippen molar-refractivity contribution in [3.05, 3.63) is 65.7 Å². The van der Waals surface area contributed by atoms with E-state index >= 15 is 0 Å². The van der Waals surface area contributed by atoms with E-state index in [2.05, 4.69) is 17.4 Å². The number of aryl methyl sites for hydroxylation is 1. The van der Waals surface area contributed by atoms with Crippen LogP contribution in [-0.4, -0.2) is 30.1 Å². The van der Waals surface area contributed by atoms with Crippen molar-refractivity contribution in [3.63, 3.8) is 0 Å². The molecule has 1 heterocycles. The van der Waals surface area contributed by atoms with Crippen LogP contribution in [0.3, 0.4) is 0 Å². The Morgan fingerprint density at radius 2 is 1.88 bits per heavy atom. The van der Waals surface area contributed by atoms with Gasteiger partial charge < -0.3 is 15.0 Å². The van der Waals surface area contributed by atoms with Crippen LogP contribution in [0.5, 0.6) is 0 Å². The van der Waals surface area contributed by atoms with E-state index in [9.17, 15) is 9.59 Å². The number of benzene rings is 2. The third-order valence-corrected chi connectivity index (χ3v) is 4.14. The molecule has 5 nitrogen and oxygen atoms in total. The SMILES string of the molecule is O=C(CCCc1ccccc1)Nc1cccc(CN2CCOC2=O)c1. The van der Waals surface area contributed by atoms with Crippen LogP contribution in [0.1, 0.15) is 24.0 Å². The highest BCUT2D eigenvalue weighted by Gasteiger charge is 2.21. The second-order valence-electron chi connectivity index (χ2n) is 6.12. The number of amides is 2. The molecule has 0 unspecified atom stereocenters. The highest BCUT2D eigenvalue weighted by Crippen LogP contribution is 2.16. The first-order valence-electron chi connectivity index (χ1n) is 8.55. The fourth-order valence-electron chi connectivity index (χ4n) is 2.86. The summed E-state index contributed by atoms with van der Waals surface area (Å²) in [6, 6.07) is 17.8. The first-order chi connectivity index (χ1) is 12.2. The molecule has 0 aliphatic carbocycles. The van der Waals surface area contributed by atoms with Gasteiger partial charge in [0.2, 0.25) is 5.91 Å². The zero-order chi connectivity index (χ0) is 17.5. The van der Waals surface area contributed by atoms with Crippen LogP contribution in [0, 0.1) is 0 Å². The molecule has 1 aliphatic heterocycles. The number of nitrogens with one attached hydrogen (secondary N) is 1. The fourth-order valence-corrected chi connectivity index (χ4v) is 2.86. The van der Waals surface area contributed by atoms with Gasteiger partial charge >= 0.3 is 6.09 Å². The van der Waals surface area contributed by atoms with Gasteiger partial charge in [-0.3, -0.25) is 4.79 Å². The van der Waals surface area contributed by atoms with Crippen LogP contribution < -0.4 is 5.32 Å². The molecule has 0 saturated carbocycles. The summed E-state index contributed by atoms with van der Waals surface area (Å²) in [6.45, 7) is 1.54. The summed E-state index contributed by atoms with van der Waals surface area (Å²) in [5, 5.41) is 2.93. The Balaban J connectivity index is 1.47. The summed E-state index contributed by atoms with van der Waals surface area (Å²) in [7, 11) is 0. The maximum atomic E-state index is 12.1. The van der Waals surface area contributed by atoms with E-state index in [1.54, 1.807) is 4.90 Å². The molecule has 2 amide bonds. The average Bonchev–Trinajstić information content (AvgIpc) is 3.01.